The molecular weight excluding hydrogens is 1360 g/mol. The van der Waals surface area contributed by atoms with Crippen molar-refractivity contribution in [2.75, 3.05) is 71.3 Å². The highest BCUT2D eigenvalue weighted by Crippen LogP contribution is 2.67. The van der Waals surface area contributed by atoms with E-state index in [1.165, 1.54) is 69.2 Å². The number of esters is 2. The molecule has 8 rings (SSSR count). The standard InChI is InChI=1S/C76H98F2N5O19P/c1-49(54-24-26-58(27-25-54)76(77,78)103(93,101-47-99-71(90)74(3,4)5)102-48-100-72(91)75(6,7)8)41-60(85)43-57-23-22-55-15-10-16-56-44-65(83(68(55)56)70(57)89)69(88)80-61(29-32-67(79)87)50(2)98-46-53-19-17-51(18-20-53)13-11-33-94-35-37-96-39-40-97-38-36-95-34-12-14-52-21-30-62-64(42-52)81(9)73(92)82(62)63-31-28-59(84)45-66(63)86/h10,15-21,24-27,30,41-42,50,57,61,63,65H,11-14,22-23,28-29,31-40,43-48H2,1-9H3,(H2,79,87)(H,80,88)/b49-41+/t50-,57-,61+,63?,65+/m1/s1. The summed E-state index contributed by atoms with van der Waals surface area (Å²) in [6.07, 6.45) is 5.15. The van der Waals surface area contributed by atoms with E-state index >= 15 is 8.78 Å². The number of fused-ring (bicyclic) bond motifs is 1. The third-order valence-electron chi connectivity index (χ3n) is 18.4. The first-order valence-corrected chi connectivity index (χ1v) is 36.6. The largest absolute Gasteiger partial charge is 0.438 e. The van der Waals surface area contributed by atoms with Crippen LogP contribution in [0.25, 0.3) is 16.6 Å². The molecule has 24 nitrogen and oxygen atoms in total. The van der Waals surface area contributed by atoms with Crippen LogP contribution >= 0.6 is 7.60 Å². The molecule has 1 aromatic heterocycles. The fourth-order valence-electron chi connectivity index (χ4n) is 12.4. The summed E-state index contributed by atoms with van der Waals surface area (Å²) in [5.41, 5.74) is 5.51. The smallest absolute Gasteiger partial charge is 0.410 e. The molecule has 1 fully saturated rings. The summed E-state index contributed by atoms with van der Waals surface area (Å²) in [6.45, 7) is 14.1. The Labute approximate surface area is 599 Å². The number of anilines is 1. The number of halogens is 2. The van der Waals surface area contributed by atoms with Gasteiger partial charge in [0.15, 0.2) is 11.6 Å². The summed E-state index contributed by atoms with van der Waals surface area (Å²) in [7, 11) is -3.90. The minimum Gasteiger partial charge on any atom is -0.438 e. The minimum absolute atomic E-state index is 0.0441. The summed E-state index contributed by atoms with van der Waals surface area (Å²) >= 11 is 0. The maximum Gasteiger partial charge on any atom is 0.410 e. The molecule has 27 heteroatoms. The number of aromatic nitrogens is 2. The van der Waals surface area contributed by atoms with E-state index in [1.54, 1.807) is 25.5 Å². The van der Waals surface area contributed by atoms with Gasteiger partial charge in [0, 0.05) is 57.4 Å². The van der Waals surface area contributed by atoms with Crippen molar-refractivity contribution in [3.63, 3.8) is 0 Å². The fourth-order valence-corrected chi connectivity index (χ4v) is 13.6. The molecular formula is C76H98F2N5O19P. The van der Waals surface area contributed by atoms with E-state index in [9.17, 15) is 47.7 Å². The second-order valence-electron chi connectivity index (χ2n) is 28.4. The number of ether oxygens (including phenoxy) is 7. The number of primary amides is 1. The lowest BCUT2D eigenvalue weighted by molar-refractivity contribution is -0.163. The lowest BCUT2D eigenvalue weighted by Gasteiger charge is -2.31. The number of nitrogens with zero attached hydrogens (tertiary/aromatic N) is 3. The molecule has 0 saturated heterocycles. The van der Waals surface area contributed by atoms with Gasteiger partial charge in [-0.15, -0.1) is 0 Å². The highest BCUT2D eigenvalue weighted by Gasteiger charge is 2.56. The van der Waals surface area contributed by atoms with Crippen LogP contribution < -0.4 is 21.6 Å². The van der Waals surface area contributed by atoms with Crippen LogP contribution in [0.4, 0.5) is 14.5 Å². The van der Waals surface area contributed by atoms with Gasteiger partial charge in [0.2, 0.25) is 31.3 Å². The average molecular weight is 1450 g/mol. The van der Waals surface area contributed by atoms with Crippen LogP contribution in [0, 0.1) is 16.7 Å². The molecule has 560 valence electrons. The first-order chi connectivity index (χ1) is 48.9. The molecule has 3 amide bonds. The zero-order valence-electron chi connectivity index (χ0n) is 60.4. The number of imidazole rings is 1. The second kappa shape index (κ2) is 36.7. The van der Waals surface area contributed by atoms with Crippen molar-refractivity contribution < 1.29 is 93.9 Å². The summed E-state index contributed by atoms with van der Waals surface area (Å²) in [4.78, 5) is 119. The summed E-state index contributed by atoms with van der Waals surface area (Å²) in [5, 5.41) is 3.08. The van der Waals surface area contributed by atoms with Gasteiger partial charge in [0.25, 0.3) is 0 Å². The molecule has 2 aliphatic heterocycles. The van der Waals surface area contributed by atoms with E-state index in [-0.39, 0.29) is 56.0 Å². The maximum atomic E-state index is 16.3. The Morgan fingerprint density at radius 2 is 1.27 bits per heavy atom. The van der Waals surface area contributed by atoms with Crippen LogP contribution in [0.15, 0.2) is 95.8 Å². The van der Waals surface area contributed by atoms with Gasteiger partial charge in [-0.2, -0.15) is 8.78 Å². The number of allylic oxidation sites excluding steroid dienone is 2. The maximum absolute atomic E-state index is 16.3. The molecule has 5 aromatic rings. The topological polar surface area (TPSA) is 305 Å². The number of alkyl halides is 2. The lowest BCUT2D eigenvalue weighted by Crippen LogP contribution is -2.54. The molecule has 1 unspecified atom stereocenters. The van der Waals surface area contributed by atoms with Gasteiger partial charge in [-0.1, -0.05) is 72.8 Å². The zero-order chi connectivity index (χ0) is 74.8. The Bertz CT molecular complexity index is 3930. The van der Waals surface area contributed by atoms with Gasteiger partial charge in [0.1, 0.15) is 11.8 Å². The molecule has 3 N–H and O–H groups in total. The van der Waals surface area contributed by atoms with E-state index in [0.29, 0.717) is 101 Å². The fraction of sp³-hybridized carbons (Fsp3) is 0.539. The van der Waals surface area contributed by atoms with Gasteiger partial charge in [-0.05, 0) is 164 Å². The summed E-state index contributed by atoms with van der Waals surface area (Å²) < 4.78 is 98.6. The molecule has 1 aliphatic carbocycles. The number of carbonyl (C=O) groups is 8. The highest BCUT2D eigenvalue weighted by atomic mass is 31.2. The van der Waals surface area contributed by atoms with E-state index in [2.05, 4.69) is 5.32 Å². The van der Waals surface area contributed by atoms with E-state index in [0.717, 1.165) is 71.1 Å². The van der Waals surface area contributed by atoms with Gasteiger partial charge >= 0.3 is 30.9 Å². The van der Waals surface area contributed by atoms with Gasteiger partial charge in [0.05, 0.1) is 98.4 Å². The number of amides is 3. The van der Waals surface area contributed by atoms with E-state index in [1.807, 2.05) is 60.7 Å². The molecule has 3 aliphatic rings. The third-order valence-corrected chi connectivity index (χ3v) is 20.2. The predicted octanol–water partition coefficient (Wildman–Crippen LogP) is 10.4. The Hall–Kier alpha value is -7.94. The van der Waals surface area contributed by atoms with Crippen molar-refractivity contribution in [2.24, 2.45) is 29.5 Å². The number of hydrogen-bond donors (Lipinski definition) is 2. The summed E-state index contributed by atoms with van der Waals surface area (Å²) in [5.74, 6) is -4.69. The second-order valence-corrected chi connectivity index (χ2v) is 30.5. The van der Waals surface area contributed by atoms with Gasteiger partial charge in [-0.3, -0.25) is 66.0 Å². The lowest BCUT2D eigenvalue weighted by atomic mass is 9.92. The quantitative estimate of drug-likeness (QED) is 0.00922. The minimum atomic E-state index is -5.60. The van der Waals surface area contributed by atoms with Gasteiger partial charge < -0.3 is 44.2 Å². The number of Topliss-reactive ketones (excluding diaryl/α,β-unsaturated/α-hetero) is 2. The Morgan fingerprint density at radius 3 is 1.85 bits per heavy atom. The average Bonchev–Trinajstić information content (AvgIpc) is 1.71. The van der Waals surface area contributed by atoms with Crippen LogP contribution in [0.1, 0.15) is 158 Å². The van der Waals surface area contributed by atoms with Crippen LogP contribution in [-0.2, 0) is 130 Å². The number of para-hydroxylation sites is 1. The first-order valence-electron chi connectivity index (χ1n) is 35.1. The van der Waals surface area contributed by atoms with Crippen molar-refractivity contribution >= 4 is 76.9 Å². The Balaban J connectivity index is 0.739. The molecule has 0 radical (unpaired) electrons. The number of benzene rings is 4. The third kappa shape index (κ3) is 21.8. The molecule has 4 aromatic carbocycles. The van der Waals surface area contributed by atoms with Crippen molar-refractivity contribution in [3.8, 4) is 0 Å². The van der Waals surface area contributed by atoms with E-state index in [4.69, 9.17) is 47.9 Å². The zero-order valence-corrected chi connectivity index (χ0v) is 61.3. The number of hydrogen-bond acceptors (Lipinski definition) is 19. The number of nitrogens with one attached hydrogen (secondary N) is 1. The SMILES string of the molecule is C/C(=C\C(=O)C[C@H]1CCc2cccc3c2N(C1=O)[C@H](C(=O)N[C@@H](CCC(N)=O)[C@@H](C)OCc1ccc(CCCOCCOCCOCCOCCCc2ccc4c(c2)n(C)c(=O)n4C2CCC(=O)CC2=O)cc1)C3)c1ccc(C(F)(F)P(=O)(OCOC(=O)C(C)(C)C)OCOC(=O)C(C)(C)C)cc1. The van der Waals surface area contributed by atoms with Crippen molar-refractivity contribution in [1.82, 2.24) is 14.5 Å². The van der Waals surface area contributed by atoms with Crippen LogP contribution in [0.2, 0.25) is 0 Å². The number of aryl methyl sites for hydroxylation is 4. The molecule has 0 spiro atoms. The monoisotopic (exact) mass is 1450 g/mol. The number of ketones is 3. The van der Waals surface area contributed by atoms with Crippen molar-refractivity contribution in [2.45, 2.75) is 175 Å². The highest BCUT2D eigenvalue weighted by molar-refractivity contribution is 7.54. The van der Waals surface area contributed by atoms with Crippen molar-refractivity contribution in [3.05, 3.63) is 140 Å². The van der Waals surface area contributed by atoms with Crippen LogP contribution in [-0.4, -0.2) is 141 Å². The van der Waals surface area contributed by atoms with Crippen LogP contribution in [0.5, 0.6) is 0 Å². The number of carbonyl (C=O) groups excluding carboxylic acids is 8. The number of nitrogens with two attached hydrogens (primary N) is 1. The van der Waals surface area contributed by atoms with Crippen molar-refractivity contribution in [1.29, 1.82) is 0 Å². The normalized spacial score (nSPS) is 17.3. The molecule has 103 heavy (non-hydrogen) atoms. The van der Waals surface area contributed by atoms with E-state index < -0.39 is 109 Å². The Morgan fingerprint density at radius 1 is 0.709 bits per heavy atom. The Kier molecular flexibility index (Phi) is 28.7. The number of rotatable bonds is 39. The predicted molar refractivity (Wildman–Crippen MR) is 378 cm³/mol. The first kappa shape index (κ1) is 80.7. The van der Waals surface area contributed by atoms with Crippen LogP contribution in [0.3, 0.4) is 0 Å². The molecule has 5 atom stereocenters. The molecule has 1 saturated carbocycles. The molecule has 0 bridgehead atoms. The molecule has 3 heterocycles. The summed E-state index contributed by atoms with van der Waals surface area (Å²) in [6, 6.07) is 21.6. The van der Waals surface area contributed by atoms with Gasteiger partial charge in [-0.25, -0.2) is 4.79 Å².